The molecule has 0 radical (unpaired) electrons. The first-order valence-corrected chi connectivity index (χ1v) is 14.1. The Labute approximate surface area is 215 Å². The zero-order valence-corrected chi connectivity index (χ0v) is 22.9. The molecule has 4 fully saturated rings. The molecule has 0 aromatic carbocycles. The lowest BCUT2D eigenvalue weighted by Crippen LogP contribution is -2.68. The van der Waals surface area contributed by atoms with E-state index in [-0.39, 0.29) is 34.0 Å². The Morgan fingerprint density at radius 1 is 0.861 bits per heavy atom. The number of carbonyl (C=O) groups is 2. The van der Waals surface area contributed by atoms with Gasteiger partial charge in [0.25, 0.3) is 0 Å². The molecule has 0 bridgehead atoms. The van der Waals surface area contributed by atoms with Crippen LogP contribution in [-0.4, -0.2) is 44.1 Å². The largest absolute Gasteiger partial charge is 0.481 e. The highest BCUT2D eigenvalue weighted by molar-refractivity contribution is 5.77. The van der Waals surface area contributed by atoms with Gasteiger partial charge in [-0.3, -0.25) is 9.59 Å². The smallest absolute Gasteiger partial charge is 0.312 e. The van der Waals surface area contributed by atoms with Gasteiger partial charge >= 0.3 is 11.9 Å². The van der Waals surface area contributed by atoms with Crippen molar-refractivity contribution in [1.29, 1.82) is 0 Å². The van der Waals surface area contributed by atoms with E-state index in [2.05, 4.69) is 33.8 Å². The highest BCUT2D eigenvalue weighted by atomic mass is 16.4. The number of hydrogen-bond donors (Lipinski definition) is 4. The fraction of sp³-hybridized carbons (Fsp3) is 0.867. The lowest BCUT2D eigenvalue weighted by molar-refractivity contribution is -0.224. The van der Waals surface area contributed by atoms with Crippen molar-refractivity contribution < 1.29 is 30.0 Å². The van der Waals surface area contributed by atoms with Crippen LogP contribution in [0.5, 0.6) is 0 Å². The number of aliphatic hydroxyl groups is 2. The van der Waals surface area contributed by atoms with E-state index in [1.54, 1.807) is 6.92 Å². The topological polar surface area (TPSA) is 115 Å². The molecule has 0 unspecified atom stereocenters. The molecule has 5 rings (SSSR count). The van der Waals surface area contributed by atoms with E-state index in [1.807, 2.05) is 6.92 Å². The molecular formula is C30H46O6. The maximum absolute atomic E-state index is 12.8. The molecule has 0 spiro atoms. The average Bonchev–Trinajstić information content (AvgIpc) is 2.79. The van der Waals surface area contributed by atoms with Crippen molar-refractivity contribution in [2.45, 2.75) is 111 Å². The summed E-state index contributed by atoms with van der Waals surface area (Å²) in [7, 11) is 0. The maximum atomic E-state index is 12.8. The van der Waals surface area contributed by atoms with Gasteiger partial charge in [-0.1, -0.05) is 39.3 Å². The van der Waals surface area contributed by atoms with Crippen molar-refractivity contribution in [2.24, 2.45) is 50.7 Å². The van der Waals surface area contributed by atoms with Gasteiger partial charge in [0.05, 0.1) is 22.5 Å². The summed E-state index contributed by atoms with van der Waals surface area (Å²) < 4.78 is 0. The molecule has 0 amide bonds. The lowest BCUT2D eigenvalue weighted by Gasteiger charge is -2.71. The Morgan fingerprint density at radius 3 is 2.14 bits per heavy atom. The third-order valence-electron chi connectivity index (χ3n) is 13.6. The molecular weight excluding hydrogens is 456 g/mol. The van der Waals surface area contributed by atoms with E-state index in [0.29, 0.717) is 19.3 Å². The van der Waals surface area contributed by atoms with Crippen LogP contribution >= 0.6 is 0 Å². The highest BCUT2D eigenvalue weighted by Crippen LogP contribution is 2.76. The van der Waals surface area contributed by atoms with Crippen LogP contribution in [0, 0.1) is 50.7 Å². The number of carboxylic acid groups (broad SMARTS) is 2. The van der Waals surface area contributed by atoms with Crippen molar-refractivity contribution in [3.63, 3.8) is 0 Å². The molecule has 0 heterocycles. The summed E-state index contributed by atoms with van der Waals surface area (Å²) in [6, 6.07) is 0. The van der Waals surface area contributed by atoms with E-state index in [0.717, 1.165) is 44.1 Å². The molecule has 0 saturated heterocycles. The van der Waals surface area contributed by atoms with E-state index < -0.39 is 40.4 Å². The fourth-order valence-corrected chi connectivity index (χ4v) is 10.8. The molecule has 5 aliphatic rings. The first-order chi connectivity index (χ1) is 16.5. The predicted octanol–water partition coefficient (Wildman–Crippen LogP) is 5.27. The Bertz CT molecular complexity index is 1020. The van der Waals surface area contributed by atoms with Crippen LogP contribution in [0.1, 0.15) is 99.3 Å². The zero-order valence-electron chi connectivity index (χ0n) is 22.9. The molecule has 5 aliphatic carbocycles. The minimum absolute atomic E-state index is 0.0214. The normalized spacial score (nSPS) is 56.3. The van der Waals surface area contributed by atoms with Gasteiger partial charge in [-0.2, -0.15) is 0 Å². The van der Waals surface area contributed by atoms with E-state index in [4.69, 9.17) is 0 Å². The lowest BCUT2D eigenvalue weighted by atomic mass is 9.33. The van der Waals surface area contributed by atoms with Crippen LogP contribution in [0.15, 0.2) is 11.6 Å². The summed E-state index contributed by atoms with van der Waals surface area (Å²) in [6.45, 7) is 12.6. The molecule has 6 heteroatoms. The number of aliphatic carboxylic acids is 2. The molecule has 4 N–H and O–H groups in total. The van der Waals surface area contributed by atoms with Crippen LogP contribution < -0.4 is 0 Å². The molecule has 11 atom stereocenters. The Balaban J connectivity index is 1.64. The van der Waals surface area contributed by atoms with Gasteiger partial charge in [-0.15, -0.1) is 0 Å². The van der Waals surface area contributed by atoms with Gasteiger partial charge < -0.3 is 20.4 Å². The molecule has 0 aromatic rings. The third-order valence-corrected chi connectivity index (χ3v) is 13.6. The maximum Gasteiger partial charge on any atom is 0.312 e. The van der Waals surface area contributed by atoms with Crippen LogP contribution in [0.2, 0.25) is 0 Å². The van der Waals surface area contributed by atoms with Gasteiger partial charge in [0.2, 0.25) is 0 Å². The monoisotopic (exact) mass is 502 g/mol. The zero-order chi connectivity index (χ0) is 26.7. The Morgan fingerprint density at radius 2 is 1.53 bits per heavy atom. The summed E-state index contributed by atoms with van der Waals surface area (Å²) in [5.41, 5.74) is -2.66. The number of rotatable bonds is 2. The van der Waals surface area contributed by atoms with Crippen LogP contribution in [-0.2, 0) is 9.59 Å². The molecule has 4 saturated carbocycles. The summed E-state index contributed by atoms with van der Waals surface area (Å²) >= 11 is 0. The third kappa shape index (κ3) is 2.81. The second-order valence-electron chi connectivity index (χ2n) is 14.5. The van der Waals surface area contributed by atoms with Crippen LogP contribution in [0.25, 0.3) is 0 Å². The summed E-state index contributed by atoms with van der Waals surface area (Å²) in [4.78, 5) is 25.4. The van der Waals surface area contributed by atoms with Gasteiger partial charge in [0.1, 0.15) is 0 Å². The van der Waals surface area contributed by atoms with Gasteiger partial charge in [-0.25, -0.2) is 0 Å². The van der Waals surface area contributed by atoms with Crippen molar-refractivity contribution in [3.05, 3.63) is 11.6 Å². The number of hydrogen-bond acceptors (Lipinski definition) is 4. The second kappa shape index (κ2) is 7.59. The quantitative estimate of drug-likeness (QED) is 0.383. The first kappa shape index (κ1) is 26.2. The van der Waals surface area contributed by atoms with E-state index in [1.165, 1.54) is 0 Å². The summed E-state index contributed by atoms with van der Waals surface area (Å²) in [5.74, 6) is -1.93. The Hall–Kier alpha value is -1.40. The molecule has 0 aliphatic heterocycles. The predicted molar refractivity (Wildman–Crippen MR) is 136 cm³/mol. The van der Waals surface area contributed by atoms with Gasteiger partial charge in [0.15, 0.2) is 0 Å². The highest BCUT2D eigenvalue weighted by Gasteiger charge is 2.72. The Kier molecular flexibility index (Phi) is 5.53. The minimum atomic E-state index is -1.16. The van der Waals surface area contributed by atoms with Crippen molar-refractivity contribution in [1.82, 2.24) is 0 Å². The van der Waals surface area contributed by atoms with Crippen molar-refractivity contribution in [3.8, 4) is 0 Å². The minimum Gasteiger partial charge on any atom is -0.481 e. The SMILES string of the molecule is C[C@H]1CC[C@]2(C(=O)O)CC[C@]3(C)C(=CC[C@H]4[C@@]5(C)CC[C@H](O)[C@@](C)(C(=O)O)[C@@H]5CC[C@@]43C)[C@@H]2[C@@]1(C)O. The second-order valence-corrected chi connectivity index (χ2v) is 14.5. The van der Waals surface area contributed by atoms with E-state index >= 15 is 0 Å². The average molecular weight is 503 g/mol. The fourth-order valence-electron chi connectivity index (χ4n) is 10.8. The number of fused-ring (bicyclic) bond motifs is 7. The van der Waals surface area contributed by atoms with Crippen molar-refractivity contribution >= 4 is 11.9 Å². The number of aliphatic hydroxyl groups excluding tert-OH is 1. The molecule has 0 aromatic heterocycles. The number of allylic oxidation sites excluding steroid dienone is 1. The van der Waals surface area contributed by atoms with E-state index in [9.17, 15) is 30.0 Å². The van der Waals surface area contributed by atoms with Crippen LogP contribution in [0.3, 0.4) is 0 Å². The molecule has 6 nitrogen and oxygen atoms in total. The number of carboxylic acids is 2. The standard InChI is InChI=1S/C30H46O6/c1-17-9-14-30(24(34)35)16-15-26(3)18(22(30)29(17,6)36)7-8-19-25(2)12-11-21(31)28(5,23(32)33)20(25)10-13-27(19,26)4/h7,17,19-22,31,36H,8-16H2,1-6H3,(H,32,33)(H,34,35)/t17-,19-,20+,21-,22+,25+,26+,27-,28-,29-,30-/m0/s1. The van der Waals surface area contributed by atoms with Gasteiger partial charge in [0, 0.05) is 5.92 Å². The summed E-state index contributed by atoms with van der Waals surface area (Å²) in [6.07, 6.45) is 7.77. The first-order valence-electron chi connectivity index (χ1n) is 14.1. The molecule has 36 heavy (non-hydrogen) atoms. The summed E-state index contributed by atoms with van der Waals surface area (Å²) in [5, 5.41) is 43.5. The van der Waals surface area contributed by atoms with Crippen molar-refractivity contribution in [2.75, 3.05) is 0 Å². The van der Waals surface area contributed by atoms with Gasteiger partial charge in [-0.05, 0) is 106 Å². The molecule has 202 valence electrons. The van der Waals surface area contributed by atoms with Crippen LogP contribution in [0.4, 0.5) is 0 Å².